The fourth-order valence-electron chi connectivity index (χ4n) is 2.59. The monoisotopic (exact) mass is 313 g/mol. The number of nitrogens with zero attached hydrogens (tertiary/aromatic N) is 1. The molecule has 1 aliphatic rings. The van der Waals surface area contributed by atoms with Crippen molar-refractivity contribution in [1.82, 2.24) is 0 Å². The highest BCUT2D eigenvalue weighted by molar-refractivity contribution is 7.91. The summed E-state index contributed by atoms with van der Waals surface area (Å²) in [6.07, 6.45) is 0. The van der Waals surface area contributed by atoms with E-state index in [9.17, 15) is 8.42 Å². The zero-order chi connectivity index (χ0) is 15.6. The Balaban J connectivity index is 1.92. The van der Waals surface area contributed by atoms with Gasteiger partial charge in [0.05, 0.1) is 24.5 Å². The van der Waals surface area contributed by atoms with E-state index in [1.54, 1.807) is 36.4 Å². The van der Waals surface area contributed by atoms with Gasteiger partial charge in [-0.1, -0.05) is 36.4 Å². The Morgan fingerprint density at radius 2 is 1.82 bits per heavy atom. The molecule has 1 heterocycles. The predicted octanol–water partition coefficient (Wildman–Crippen LogP) is 3.25. The van der Waals surface area contributed by atoms with E-state index in [2.05, 4.69) is 4.85 Å². The lowest BCUT2D eigenvalue weighted by molar-refractivity contribution is 0.134. The van der Waals surface area contributed by atoms with Crippen LogP contribution in [0.1, 0.15) is 27.6 Å². The van der Waals surface area contributed by atoms with E-state index in [1.165, 1.54) is 0 Å². The standard InChI is InChI=1S/C17H15NO3S/c1-18-17(14-7-8-15-10-21-11-16(15)9-14)22(19,20)12-13-5-3-2-4-6-13/h2-9,17H,10-12H2. The molecular weight excluding hydrogens is 298 g/mol. The van der Waals surface area contributed by atoms with E-state index in [1.807, 2.05) is 12.1 Å². The van der Waals surface area contributed by atoms with Gasteiger partial charge in [0.15, 0.2) is 0 Å². The minimum atomic E-state index is -3.59. The van der Waals surface area contributed by atoms with Crippen LogP contribution < -0.4 is 0 Å². The minimum Gasteiger partial charge on any atom is -0.372 e. The Morgan fingerprint density at radius 1 is 1.09 bits per heavy atom. The Bertz CT molecular complexity index is 823. The average Bonchev–Trinajstić information content (AvgIpc) is 2.96. The van der Waals surface area contributed by atoms with Crippen LogP contribution >= 0.6 is 0 Å². The highest BCUT2D eigenvalue weighted by Crippen LogP contribution is 2.30. The van der Waals surface area contributed by atoms with Gasteiger partial charge in [0.25, 0.3) is 0 Å². The van der Waals surface area contributed by atoms with Crippen LogP contribution in [0.15, 0.2) is 48.5 Å². The lowest BCUT2D eigenvalue weighted by Gasteiger charge is -2.09. The van der Waals surface area contributed by atoms with Crippen molar-refractivity contribution in [2.45, 2.75) is 24.3 Å². The summed E-state index contributed by atoms with van der Waals surface area (Å²) in [7, 11) is -3.59. The fraction of sp³-hybridized carbons (Fsp3) is 0.235. The zero-order valence-corrected chi connectivity index (χ0v) is 12.7. The molecule has 0 spiro atoms. The van der Waals surface area contributed by atoms with Crippen molar-refractivity contribution < 1.29 is 13.2 Å². The molecule has 0 amide bonds. The fourth-order valence-corrected chi connectivity index (χ4v) is 4.13. The van der Waals surface area contributed by atoms with Gasteiger partial charge in [0.2, 0.25) is 9.84 Å². The summed E-state index contributed by atoms with van der Waals surface area (Å²) in [5, 5.41) is -1.17. The van der Waals surface area contributed by atoms with Crippen molar-refractivity contribution in [2.24, 2.45) is 0 Å². The van der Waals surface area contributed by atoms with Gasteiger partial charge < -0.3 is 4.74 Å². The smallest absolute Gasteiger partial charge is 0.346 e. The van der Waals surface area contributed by atoms with E-state index in [-0.39, 0.29) is 5.75 Å². The second-order valence-electron chi connectivity index (χ2n) is 5.30. The zero-order valence-electron chi connectivity index (χ0n) is 11.9. The van der Waals surface area contributed by atoms with Crippen molar-refractivity contribution in [1.29, 1.82) is 0 Å². The van der Waals surface area contributed by atoms with Crippen LogP contribution in [0.25, 0.3) is 4.85 Å². The van der Waals surface area contributed by atoms with E-state index in [0.29, 0.717) is 24.3 Å². The van der Waals surface area contributed by atoms with Crippen molar-refractivity contribution in [3.8, 4) is 0 Å². The van der Waals surface area contributed by atoms with Gasteiger partial charge in [-0.15, -0.1) is 0 Å². The SMILES string of the molecule is [C-]#[N+]C(c1ccc2c(c1)COC2)S(=O)(=O)Cc1ccccc1. The second-order valence-corrected chi connectivity index (χ2v) is 7.36. The molecule has 0 N–H and O–H groups in total. The third-order valence-corrected chi connectivity index (χ3v) is 5.49. The number of rotatable bonds is 4. The van der Waals surface area contributed by atoms with Crippen LogP contribution in [-0.2, 0) is 33.5 Å². The summed E-state index contributed by atoms with van der Waals surface area (Å²) in [5.41, 5.74) is 3.25. The van der Waals surface area contributed by atoms with Crippen molar-refractivity contribution in [3.05, 3.63) is 82.2 Å². The van der Waals surface area contributed by atoms with Gasteiger partial charge in [0.1, 0.15) is 0 Å². The average molecular weight is 313 g/mol. The summed E-state index contributed by atoms with van der Waals surface area (Å²) in [6, 6.07) is 14.3. The number of sulfone groups is 1. The molecule has 5 heteroatoms. The second kappa shape index (κ2) is 5.91. The van der Waals surface area contributed by atoms with Crippen LogP contribution in [0.4, 0.5) is 0 Å². The van der Waals surface area contributed by atoms with Crippen LogP contribution in [0.5, 0.6) is 0 Å². The first kappa shape index (κ1) is 14.8. The number of benzene rings is 2. The van der Waals surface area contributed by atoms with Crippen LogP contribution in [0.3, 0.4) is 0 Å². The molecule has 2 aromatic carbocycles. The van der Waals surface area contributed by atoms with E-state index >= 15 is 0 Å². The third-order valence-electron chi connectivity index (χ3n) is 3.70. The molecule has 1 unspecified atom stereocenters. The van der Waals surface area contributed by atoms with Crippen molar-refractivity contribution in [3.63, 3.8) is 0 Å². The first-order valence-corrected chi connectivity index (χ1v) is 8.63. The summed E-state index contributed by atoms with van der Waals surface area (Å²) < 4.78 is 30.5. The van der Waals surface area contributed by atoms with Gasteiger partial charge in [-0.05, 0) is 28.8 Å². The predicted molar refractivity (Wildman–Crippen MR) is 83.3 cm³/mol. The van der Waals surface area contributed by atoms with Gasteiger partial charge >= 0.3 is 5.37 Å². The van der Waals surface area contributed by atoms with E-state index < -0.39 is 15.2 Å². The Labute approximate surface area is 130 Å². The molecule has 0 saturated carbocycles. The molecule has 112 valence electrons. The van der Waals surface area contributed by atoms with Gasteiger partial charge in [-0.2, -0.15) is 0 Å². The number of ether oxygens (including phenoxy) is 1. The lowest BCUT2D eigenvalue weighted by Crippen LogP contribution is -2.13. The Morgan fingerprint density at radius 3 is 2.55 bits per heavy atom. The minimum absolute atomic E-state index is 0.130. The molecular formula is C17H15NO3S. The molecule has 0 bridgehead atoms. The maximum Gasteiger partial charge on any atom is 0.346 e. The molecule has 0 saturated heterocycles. The van der Waals surface area contributed by atoms with Crippen LogP contribution in [0, 0.1) is 6.57 Å². The molecule has 0 radical (unpaired) electrons. The molecule has 4 nitrogen and oxygen atoms in total. The molecule has 0 aromatic heterocycles. The molecule has 1 atom stereocenters. The summed E-state index contributed by atoms with van der Waals surface area (Å²) in [5.74, 6) is -0.130. The molecule has 3 rings (SSSR count). The highest BCUT2D eigenvalue weighted by atomic mass is 32.2. The maximum atomic E-state index is 12.6. The normalized spacial score (nSPS) is 15.0. The van der Waals surface area contributed by atoms with Crippen molar-refractivity contribution in [2.75, 3.05) is 0 Å². The van der Waals surface area contributed by atoms with Crippen molar-refractivity contribution >= 4 is 9.84 Å². The summed E-state index contributed by atoms with van der Waals surface area (Å²) >= 11 is 0. The van der Waals surface area contributed by atoms with Gasteiger partial charge in [-0.3, -0.25) is 4.85 Å². The highest BCUT2D eigenvalue weighted by Gasteiger charge is 2.33. The quantitative estimate of drug-likeness (QED) is 0.814. The lowest BCUT2D eigenvalue weighted by atomic mass is 10.1. The molecule has 22 heavy (non-hydrogen) atoms. The van der Waals surface area contributed by atoms with E-state index in [4.69, 9.17) is 11.3 Å². The first-order chi connectivity index (χ1) is 10.6. The molecule has 1 aliphatic heterocycles. The maximum absolute atomic E-state index is 12.6. The number of hydrogen-bond acceptors (Lipinski definition) is 3. The van der Waals surface area contributed by atoms with Crippen LogP contribution in [0.2, 0.25) is 0 Å². The Kier molecular flexibility index (Phi) is 3.97. The number of hydrogen-bond donors (Lipinski definition) is 0. The summed E-state index contributed by atoms with van der Waals surface area (Å²) in [4.78, 5) is 3.37. The first-order valence-electron chi connectivity index (χ1n) is 6.91. The van der Waals surface area contributed by atoms with Gasteiger partial charge in [-0.25, -0.2) is 15.0 Å². The number of fused-ring (bicyclic) bond motifs is 1. The molecule has 0 fully saturated rings. The largest absolute Gasteiger partial charge is 0.372 e. The van der Waals surface area contributed by atoms with Gasteiger partial charge in [0, 0.05) is 0 Å². The molecule has 0 aliphatic carbocycles. The van der Waals surface area contributed by atoms with E-state index in [0.717, 1.165) is 11.1 Å². The third kappa shape index (κ3) is 2.89. The molecule has 2 aromatic rings. The van der Waals surface area contributed by atoms with Crippen LogP contribution in [-0.4, -0.2) is 8.42 Å². The Hall–Kier alpha value is -2.16. The summed E-state index contributed by atoms with van der Waals surface area (Å²) in [6.45, 7) is 8.36. The topological polar surface area (TPSA) is 47.7 Å².